The second-order valence-electron chi connectivity index (χ2n) is 4.61. The molecule has 0 saturated carbocycles. The van der Waals surface area contributed by atoms with Gasteiger partial charge in [0, 0.05) is 11.9 Å². The number of aromatic nitrogens is 1. The van der Waals surface area contributed by atoms with Gasteiger partial charge < -0.3 is 15.8 Å². The average Bonchev–Trinajstić information content (AvgIpc) is 2.41. The molecule has 1 heterocycles. The highest BCUT2D eigenvalue weighted by Crippen LogP contribution is 2.18. The first-order chi connectivity index (χ1) is 9.56. The van der Waals surface area contributed by atoms with Crippen LogP contribution in [0.3, 0.4) is 0 Å². The number of ether oxygens (including phenoxy) is 1. The molecule has 5 nitrogen and oxygen atoms in total. The van der Waals surface area contributed by atoms with Gasteiger partial charge in [0.15, 0.2) is 0 Å². The Labute approximate surface area is 117 Å². The molecule has 0 aliphatic heterocycles. The van der Waals surface area contributed by atoms with Crippen molar-refractivity contribution in [2.75, 3.05) is 11.1 Å². The van der Waals surface area contributed by atoms with Crippen molar-refractivity contribution in [2.24, 2.45) is 0 Å². The van der Waals surface area contributed by atoms with Gasteiger partial charge in [0.25, 0.3) is 5.91 Å². The molecule has 104 valence electrons. The van der Waals surface area contributed by atoms with E-state index in [0.29, 0.717) is 16.9 Å². The third kappa shape index (κ3) is 3.47. The standard InChI is InChI=1S/C15H17N3O2/c1-10(2)20-12-5-3-11(4-6-12)18-15(19)13-7-8-17-9-14(13)16/h3-10H,16H2,1-2H3,(H,18,19). The van der Waals surface area contributed by atoms with E-state index >= 15 is 0 Å². The molecule has 20 heavy (non-hydrogen) atoms. The Morgan fingerprint density at radius 3 is 2.55 bits per heavy atom. The van der Waals surface area contributed by atoms with E-state index < -0.39 is 0 Å². The van der Waals surface area contributed by atoms with E-state index in [1.54, 1.807) is 18.2 Å². The number of amides is 1. The van der Waals surface area contributed by atoms with Gasteiger partial charge in [-0.25, -0.2) is 0 Å². The first kappa shape index (κ1) is 13.9. The Kier molecular flexibility index (Phi) is 4.20. The molecule has 2 rings (SSSR count). The fourth-order valence-electron chi connectivity index (χ4n) is 1.70. The molecule has 1 aromatic heterocycles. The zero-order valence-corrected chi connectivity index (χ0v) is 11.5. The van der Waals surface area contributed by atoms with Gasteiger partial charge in [-0.15, -0.1) is 0 Å². The number of nitrogens with zero attached hydrogens (tertiary/aromatic N) is 1. The maximum absolute atomic E-state index is 12.0. The van der Waals surface area contributed by atoms with Crippen LogP contribution in [0.1, 0.15) is 24.2 Å². The molecule has 5 heteroatoms. The third-order valence-corrected chi connectivity index (χ3v) is 2.58. The molecule has 0 atom stereocenters. The van der Waals surface area contributed by atoms with Crippen LogP contribution in [0.2, 0.25) is 0 Å². The first-order valence-electron chi connectivity index (χ1n) is 6.34. The summed E-state index contributed by atoms with van der Waals surface area (Å²) in [6, 6.07) is 8.78. The van der Waals surface area contributed by atoms with Crippen molar-refractivity contribution in [3.8, 4) is 5.75 Å². The van der Waals surface area contributed by atoms with Gasteiger partial charge >= 0.3 is 0 Å². The molecule has 3 N–H and O–H groups in total. The molecule has 1 amide bonds. The summed E-state index contributed by atoms with van der Waals surface area (Å²) in [5.74, 6) is 0.504. The van der Waals surface area contributed by atoms with Gasteiger partial charge in [0.1, 0.15) is 5.75 Å². The molecular formula is C15H17N3O2. The minimum absolute atomic E-state index is 0.118. The van der Waals surface area contributed by atoms with Crippen LogP contribution in [-0.4, -0.2) is 17.0 Å². The molecule has 0 fully saturated rings. The zero-order chi connectivity index (χ0) is 14.5. The summed E-state index contributed by atoms with van der Waals surface area (Å²) in [5, 5.41) is 2.78. The monoisotopic (exact) mass is 271 g/mol. The lowest BCUT2D eigenvalue weighted by molar-refractivity contribution is 0.102. The number of nitrogen functional groups attached to an aromatic ring is 1. The molecule has 0 saturated heterocycles. The minimum atomic E-state index is -0.262. The van der Waals surface area contributed by atoms with Crippen LogP contribution in [0.15, 0.2) is 42.7 Å². The third-order valence-electron chi connectivity index (χ3n) is 2.58. The van der Waals surface area contributed by atoms with Crippen LogP contribution < -0.4 is 15.8 Å². The van der Waals surface area contributed by atoms with E-state index in [-0.39, 0.29) is 12.0 Å². The zero-order valence-electron chi connectivity index (χ0n) is 11.5. The highest BCUT2D eigenvalue weighted by molar-refractivity contribution is 6.07. The van der Waals surface area contributed by atoms with Crippen molar-refractivity contribution in [2.45, 2.75) is 20.0 Å². The predicted molar refractivity (Wildman–Crippen MR) is 78.8 cm³/mol. The topological polar surface area (TPSA) is 77.2 Å². The van der Waals surface area contributed by atoms with Crippen LogP contribution in [0.25, 0.3) is 0 Å². The molecule has 0 aliphatic rings. The molecule has 0 aliphatic carbocycles. The van der Waals surface area contributed by atoms with E-state index in [0.717, 1.165) is 5.75 Å². The van der Waals surface area contributed by atoms with Crippen molar-refractivity contribution >= 4 is 17.3 Å². The maximum Gasteiger partial charge on any atom is 0.257 e. The van der Waals surface area contributed by atoms with Gasteiger partial charge in [-0.2, -0.15) is 0 Å². The normalized spacial score (nSPS) is 10.3. The molecule has 0 radical (unpaired) electrons. The van der Waals surface area contributed by atoms with E-state index in [1.807, 2.05) is 26.0 Å². The Balaban J connectivity index is 2.07. The van der Waals surface area contributed by atoms with Crippen LogP contribution in [-0.2, 0) is 0 Å². The average molecular weight is 271 g/mol. The largest absolute Gasteiger partial charge is 0.491 e. The van der Waals surface area contributed by atoms with E-state index in [1.165, 1.54) is 12.4 Å². The van der Waals surface area contributed by atoms with Crippen molar-refractivity contribution in [1.29, 1.82) is 0 Å². The fourth-order valence-corrected chi connectivity index (χ4v) is 1.70. The molecule has 2 aromatic rings. The lowest BCUT2D eigenvalue weighted by Crippen LogP contribution is -2.14. The van der Waals surface area contributed by atoms with Crippen LogP contribution in [0, 0.1) is 0 Å². The summed E-state index contributed by atoms with van der Waals surface area (Å²) in [6.45, 7) is 3.92. The molecule has 0 bridgehead atoms. The summed E-state index contributed by atoms with van der Waals surface area (Å²) in [7, 11) is 0. The minimum Gasteiger partial charge on any atom is -0.491 e. The Hall–Kier alpha value is -2.56. The van der Waals surface area contributed by atoms with Crippen molar-refractivity contribution in [1.82, 2.24) is 4.98 Å². The number of nitrogens with two attached hydrogens (primary N) is 1. The molecule has 0 unspecified atom stereocenters. The van der Waals surface area contributed by atoms with Crippen molar-refractivity contribution in [3.05, 3.63) is 48.3 Å². The quantitative estimate of drug-likeness (QED) is 0.896. The lowest BCUT2D eigenvalue weighted by atomic mass is 10.2. The van der Waals surface area contributed by atoms with Gasteiger partial charge in [0.2, 0.25) is 0 Å². The fraction of sp³-hybridized carbons (Fsp3) is 0.200. The number of hydrogen-bond acceptors (Lipinski definition) is 4. The van der Waals surface area contributed by atoms with Crippen molar-refractivity contribution in [3.63, 3.8) is 0 Å². The molecule has 1 aromatic carbocycles. The number of pyridine rings is 1. The number of benzene rings is 1. The summed E-state index contributed by atoms with van der Waals surface area (Å²) in [4.78, 5) is 15.9. The van der Waals surface area contributed by atoms with E-state index in [2.05, 4.69) is 10.3 Å². The Morgan fingerprint density at radius 2 is 1.95 bits per heavy atom. The highest BCUT2D eigenvalue weighted by Gasteiger charge is 2.09. The Bertz CT molecular complexity index is 594. The second-order valence-corrected chi connectivity index (χ2v) is 4.61. The van der Waals surface area contributed by atoms with E-state index in [9.17, 15) is 4.79 Å². The van der Waals surface area contributed by atoms with Gasteiger partial charge in [0.05, 0.1) is 23.6 Å². The SMILES string of the molecule is CC(C)Oc1ccc(NC(=O)c2ccncc2N)cc1. The first-order valence-corrected chi connectivity index (χ1v) is 6.34. The summed E-state index contributed by atoms with van der Waals surface area (Å²) in [5.41, 5.74) is 7.15. The summed E-state index contributed by atoms with van der Waals surface area (Å²) in [6.07, 6.45) is 3.10. The number of anilines is 2. The number of nitrogens with one attached hydrogen (secondary N) is 1. The number of carbonyl (C=O) groups is 1. The predicted octanol–water partition coefficient (Wildman–Crippen LogP) is 2.70. The van der Waals surface area contributed by atoms with Gasteiger partial charge in [-0.1, -0.05) is 0 Å². The second kappa shape index (κ2) is 6.06. The van der Waals surface area contributed by atoms with Crippen molar-refractivity contribution < 1.29 is 9.53 Å². The van der Waals surface area contributed by atoms with Crippen LogP contribution >= 0.6 is 0 Å². The van der Waals surface area contributed by atoms with Crippen LogP contribution in [0.5, 0.6) is 5.75 Å². The number of rotatable bonds is 4. The van der Waals surface area contributed by atoms with Gasteiger partial charge in [-0.05, 0) is 44.2 Å². The Morgan fingerprint density at radius 1 is 1.25 bits per heavy atom. The summed E-state index contributed by atoms with van der Waals surface area (Å²) < 4.78 is 5.54. The lowest BCUT2D eigenvalue weighted by Gasteiger charge is -2.11. The number of hydrogen-bond donors (Lipinski definition) is 2. The van der Waals surface area contributed by atoms with Crippen LogP contribution in [0.4, 0.5) is 11.4 Å². The summed E-state index contributed by atoms with van der Waals surface area (Å²) >= 11 is 0. The maximum atomic E-state index is 12.0. The number of carbonyl (C=O) groups excluding carboxylic acids is 1. The van der Waals surface area contributed by atoms with Gasteiger partial charge in [-0.3, -0.25) is 9.78 Å². The van der Waals surface area contributed by atoms with E-state index in [4.69, 9.17) is 10.5 Å². The smallest absolute Gasteiger partial charge is 0.257 e. The molecule has 0 spiro atoms. The highest BCUT2D eigenvalue weighted by atomic mass is 16.5. The molecular weight excluding hydrogens is 254 g/mol.